The second-order valence-electron chi connectivity index (χ2n) is 7.29. The van der Waals surface area contributed by atoms with Crippen LogP contribution < -0.4 is 10.2 Å². The number of thiazole rings is 1. The molecule has 1 aromatic carbocycles. The van der Waals surface area contributed by atoms with E-state index in [1.807, 2.05) is 30.6 Å². The van der Waals surface area contributed by atoms with E-state index >= 15 is 0 Å². The van der Waals surface area contributed by atoms with Gasteiger partial charge in [-0.15, -0.1) is 11.3 Å². The van der Waals surface area contributed by atoms with E-state index in [0.29, 0.717) is 6.42 Å². The highest BCUT2D eigenvalue weighted by molar-refractivity contribution is 7.80. The number of nitrogens with zero attached hydrogens (tertiary/aromatic N) is 4. The zero-order chi connectivity index (χ0) is 21.0. The third-order valence-electron chi connectivity index (χ3n) is 5.10. The fraction of sp³-hybridized carbons (Fsp3) is 0.217. The topological polar surface area (TPSA) is 63.2 Å². The highest BCUT2D eigenvalue weighted by Crippen LogP contribution is 2.30. The second-order valence-corrected chi connectivity index (χ2v) is 8.82. The van der Waals surface area contributed by atoms with Crippen molar-refractivity contribution in [2.24, 2.45) is 0 Å². The van der Waals surface area contributed by atoms with Crippen molar-refractivity contribution in [2.75, 3.05) is 36.5 Å². The maximum Gasteiger partial charge on any atom is 0.128 e. The van der Waals surface area contributed by atoms with Gasteiger partial charge in [-0.25, -0.2) is 9.97 Å². The van der Waals surface area contributed by atoms with Crippen LogP contribution in [-0.4, -0.2) is 46.2 Å². The normalized spacial score (nSPS) is 14.0. The summed E-state index contributed by atoms with van der Waals surface area (Å²) < 4.78 is 6.49. The van der Waals surface area contributed by atoms with Crippen LogP contribution >= 0.6 is 23.6 Å². The van der Waals surface area contributed by atoms with Crippen molar-refractivity contribution in [1.82, 2.24) is 15.0 Å². The van der Waals surface area contributed by atoms with E-state index in [9.17, 15) is 0 Å². The summed E-state index contributed by atoms with van der Waals surface area (Å²) in [5, 5.41) is 4.30. The fourth-order valence-electron chi connectivity index (χ4n) is 3.55. The lowest BCUT2D eigenvalue weighted by atomic mass is 10.1. The molecule has 1 N–H and O–H groups in total. The van der Waals surface area contributed by atoms with Crippen molar-refractivity contribution in [3.63, 3.8) is 0 Å². The number of hydrogen-bond acceptors (Lipinski definition) is 7. The maximum absolute atomic E-state index is 5.60. The number of anilines is 2. The Morgan fingerprint density at radius 2 is 2.03 bits per heavy atom. The molecular formula is C23H21N5OS2. The summed E-state index contributed by atoms with van der Waals surface area (Å²) >= 11 is 7.25. The highest BCUT2D eigenvalue weighted by Gasteiger charge is 2.12. The first-order valence-electron chi connectivity index (χ1n) is 10.1. The number of morpholine rings is 1. The van der Waals surface area contributed by atoms with Crippen LogP contribution in [0.15, 0.2) is 61.1 Å². The lowest BCUT2D eigenvalue weighted by Crippen LogP contribution is -2.36. The second kappa shape index (κ2) is 9.05. The van der Waals surface area contributed by atoms with E-state index in [-0.39, 0.29) is 0 Å². The Hall–Kier alpha value is -2.94. The number of pyridine rings is 2. The smallest absolute Gasteiger partial charge is 0.128 e. The van der Waals surface area contributed by atoms with E-state index in [2.05, 4.69) is 44.5 Å². The van der Waals surface area contributed by atoms with E-state index in [1.54, 1.807) is 17.5 Å². The Morgan fingerprint density at radius 1 is 1.13 bits per heavy atom. The molecule has 0 atom stereocenters. The molecule has 0 unspecified atom stereocenters. The molecule has 0 radical (unpaired) electrons. The quantitative estimate of drug-likeness (QED) is 0.450. The van der Waals surface area contributed by atoms with E-state index in [0.717, 1.165) is 69.1 Å². The molecule has 156 valence electrons. The van der Waals surface area contributed by atoms with Gasteiger partial charge in [0.25, 0.3) is 0 Å². The molecule has 0 saturated carbocycles. The van der Waals surface area contributed by atoms with Crippen LogP contribution in [0.2, 0.25) is 0 Å². The number of rotatable bonds is 5. The molecule has 0 amide bonds. The molecule has 4 aromatic rings. The van der Waals surface area contributed by atoms with Gasteiger partial charge in [-0.3, -0.25) is 4.98 Å². The molecule has 5 rings (SSSR count). The van der Waals surface area contributed by atoms with Crippen molar-refractivity contribution in [3.05, 3.63) is 66.6 Å². The molecule has 8 heteroatoms. The Bertz CT molecular complexity index is 1170. The van der Waals surface area contributed by atoms with E-state index in [4.69, 9.17) is 21.9 Å². The molecule has 31 heavy (non-hydrogen) atoms. The summed E-state index contributed by atoms with van der Waals surface area (Å²) in [7, 11) is 0. The van der Waals surface area contributed by atoms with Crippen LogP contribution in [0.4, 0.5) is 11.5 Å². The minimum atomic E-state index is 0.654. The fourth-order valence-corrected chi connectivity index (χ4v) is 4.76. The van der Waals surface area contributed by atoms with Gasteiger partial charge in [-0.05, 0) is 29.8 Å². The molecule has 4 heterocycles. The van der Waals surface area contributed by atoms with Gasteiger partial charge in [0.2, 0.25) is 0 Å². The third kappa shape index (κ3) is 4.71. The molecule has 1 fully saturated rings. The first kappa shape index (κ1) is 20.0. The van der Waals surface area contributed by atoms with Crippen LogP contribution in [-0.2, 0) is 11.2 Å². The summed E-state index contributed by atoms with van der Waals surface area (Å²) in [5.74, 6) is 0.971. The van der Waals surface area contributed by atoms with E-state index in [1.165, 1.54) is 0 Å². The Labute approximate surface area is 189 Å². The van der Waals surface area contributed by atoms with Crippen molar-refractivity contribution in [1.29, 1.82) is 0 Å². The Morgan fingerprint density at radius 3 is 2.84 bits per heavy atom. The van der Waals surface area contributed by atoms with Gasteiger partial charge in [-0.2, -0.15) is 0 Å². The molecular weight excluding hydrogens is 426 g/mol. The first-order chi connectivity index (χ1) is 15.2. The Kier molecular flexibility index (Phi) is 5.84. The molecule has 6 nitrogen and oxygen atoms in total. The number of fused-ring (bicyclic) bond motifs is 1. The molecule has 0 spiro atoms. The summed E-state index contributed by atoms with van der Waals surface area (Å²) in [4.78, 5) is 16.5. The third-order valence-corrected chi connectivity index (χ3v) is 6.40. The number of nitrogens with one attached hydrogen (secondary N) is 1. The van der Waals surface area contributed by atoms with Crippen molar-refractivity contribution < 1.29 is 4.74 Å². The number of ether oxygens (including phenoxy) is 1. The van der Waals surface area contributed by atoms with Gasteiger partial charge in [0.15, 0.2) is 0 Å². The average Bonchev–Trinajstić information content (AvgIpc) is 3.25. The lowest BCUT2D eigenvalue weighted by Gasteiger charge is -2.27. The number of hydrogen-bond donors (Lipinski definition) is 1. The van der Waals surface area contributed by atoms with Crippen LogP contribution in [0.25, 0.3) is 20.8 Å². The molecule has 3 aromatic heterocycles. The van der Waals surface area contributed by atoms with Gasteiger partial charge in [-0.1, -0.05) is 30.4 Å². The molecule has 1 aliphatic rings. The zero-order valence-corrected chi connectivity index (χ0v) is 18.5. The van der Waals surface area contributed by atoms with Gasteiger partial charge in [0, 0.05) is 37.5 Å². The minimum absolute atomic E-state index is 0.654. The van der Waals surface area contributed by atoms with E-state index < -0.39 is 0 Å². The molecule has 0 bridgehead atoms. The maximum atomic E-state index is 5.60. The summed E-state index contributed by atoms with van der Waals surface area (Å²) in [6.07, 6.45) is 6.12. The van der Waals surface area contributed by atoms with Crippen molar-refractivity contribution >= 4 is 50.3 Å². The predicted molar refractivity (Wildman–Crippen MR) is 130 cm³/mol. The number of benzene rings is 1. The van der Waals surface area contributed by atoms with Crippen LogP contribution in [0.3, 0.4) is 0 Å². The number of aromatic nitrogens is 3. The zero-order valence-electron chi connectivity index (χ0n) is 16.8. The first-order valence-corrected chi connectivity index (χ1v) is 11.4. The van der Waals surface area contributed by atoms with Crippen LogP contribution in [0.5, 0.6) is 0 Å². The van der Waals surface area contributed by atoms with Gasteiger partial charge in [0.05, 0.1) is 40.3 Å². The standard InChI is InChI=1S/C23H21N5OS2/c30-22(26-18-4-5-21(25-14-18)28-8-10-29-11-9-28)13-16-2-1-3-17(12-16)23-27-19-6-7-24-15-20(19)31-23/h1-7,12,14-15H,8-11,13H2,(H,26,30). The number of thiocarbonyl (C=S) groups is 1. The molecule has 0 aliphatic carbocycles. The predicted octanol–water partition coefficient (Wildman–Crippen LogP) is 4.57. The summed E-state index contributed by atoms with van der Waals surface area (Å²) in [6.45, 7) is 3.25. The lowest BCUT2D eigenvalue weighted by molar-refractivity contribution is 0.122. The SMILES string of the molecule is S=C(Cc1cccc(-c2nc3ccncc3s2)c1)Nc1ccc(N2CCOCC2)nc1. The monoisotopic (exact) mass is 447 g/mol. The van der Waals surface area contributed by atoms with Crippen molar-refractivity contribution in [3.8, 4) is 10.6 Å². The van der Waals surface area contributed by atoms with Gasteiger partial charge < -0.3 is 15.0 Å². The average molecular weight is 448 g/mol. The summed E-state index contributed by atoms with van der Waals surface area (Å²) in [6, 6.07) is 14.4. The minimum Gasteiger partial charge on any atom is -0.378 e. The van der Waals surface area contributed by atoms with Crippen LogP contribution in [0, 0.1) is 0 Å². The Balaban J connectivity index is 1.24. The van der Waals surface area contributed by atoms with Gasteiger partial charge in [0.1, 0.15) is 10.8 Å². The van der Waals surface area contributed by atoms with Crippen molar-refractivity contribution in [2.45, 2.75) is 6.42 Å². The molecule has 1 aliphatic heterocycles. The summed E-state index contributed by atoms with van der Waals surface area (Å²) in [5.41, 5.74) is 4.12. The largest absolute Gasteiger partial charge is 0.378 e. The highest BCUT2D eigenvalue weighted by atomic mass is 32.1. The van der Waals surface area contributed by atoms with Crippen LogP contribution in [0.1, 0.15) is 5.56 Å². The molecule has 1 saturated heterocycles. The van der Waals surface area contributed by atoms with Gasteiger partial charge >= 0.3 is 0 Å².